The Hall–Kier alpha value is -6.53. The smallest absolute Gasteiger partial charge is 0.297 e. The number of fused-ring (bicyclic) bond motifs is 12. The molecule has 11 rings (SSSR count). The summed E-state index contributed by atoms with van der Waals surface area (Å²) < 4.78 is 101. The summed E-state index contributed by atoms with van der Waals surface area (Å²) >= 11 is 0. The lowest BCUT2D eigenvalue weighted by molar-refractivity contribution is -0.0248. The molecule has 374 valence electrons. The number of alkyl halides is 1. The zero-order chi connectivity index (χ0) is 50.3. The van der Waals surface area contributed by atoms with Crippen molar-refractivity contribution in [2.45, 2.75) is 107 Å². The molecule has 5 aromatic carbocycles. The van der Waals surface area contributed by atoms with Crippen LogP contribution in [0.5, 0.6) is 46.0 Å². The van der Waals surface area contributed by atoms with E-state index in [0.29, 0.717) is 90.7 Å². The van der Waals surface area contributed by atoms with Crippen molar-refractivity contribution in [3.05, 3.63) is 123 Å². The minimum absolute atomic E-state index is 0.0862. The fourth-order valence-electron chi connectivity index (χ4n) is 10.1. The van der Waals surface area contributed by atoms with Gasteiger partial charge in [-0.25, -0.2) is 4.39 Å². The first-order valence-corrected chi connectivity index (χ1v) is 24.7. The predicted octanol–water partition coefficient (Wildman–Crippen LogP) is 8.01. The molecular weight excluding hydrogens is 939 g/mol. The molecule has 71 heavy (non-hydrogen) atoms. The van der Waals surface area contributed by atoms with Gasteiger partial charge in [0.05, 0.1) is 56.5 Å². The number of benzene rings is 5. The number of Topliss-reactive ketones (excluding diaryl/α,β-unsaturated/α-hetero) is 1. The van der Waals surface area contributed by atoms with E-state index < -0.39 is 51.7 Å². The monoisotopic (exact) mass is 993 g/mol. The predicted molar refractivity (Wildman–Crippen MR) is 256 cm³/mol. The quantitative estimate of drug-likeness (QED) is 0.142. The van der Waals surface area contributed by atoms with Crippen LogP contribution in [0.15, 0.2) is 77.7 Å². The Bertz CT molecular complexity index is 3110. The molecule has 0 saturated heterocycles. The van der Waals surface area contributed by atoms with Gasteiger partial charge in [0, 0.05) is 51.8 Å². The second-order valence-electron chi connectivity index (χ2n) is 19.3. The zero-order valence-corrected chi connectivity index (χ0v) is 41.4. The number of hydrogen-bond acceptors (Lipinski definition) is 15. The van der Waals surface area contributed by atoms with Gasteiger partial charge in [-0.3, -0.25) is 8.98 Å². The van der Waals surface area contributed by atoms with Gasteiger partial charge < -0.3 is 52.8 Å². The third-order valence-electron chi connectivity index (χ3n) is 14.1. The summed E-state index contributed by atoms with van der Waals surface area (Å²) in [7, 11) is 0.602. The summed E-state index contributed by atoms with van der Waals surface area (Å²) in [5.41, 5.74) is 4.90. The average molecular weight is 994 g/mol. The van der Waals surface area contributed by atoms with Crippen LogP contribution in [-0.2, 0) is 45.1 Å². The minimum atomic E-state index is -4.06. The van der Waals surface area contributed by atoms with Gasteiger partial charge in [0.2, 0.25) is 0 Å². The summed E-state index contributed by atoms with van der Waals surface area (Å²) in [4.78, 5) is 13.6. The third-order valence-corrected chi connectivity index (χ3v) is 15.4. The SMILES string of the molecule is COC1=C2c3cc(OC)c(CO)cc3OC[C@H]2Oc2c1ccc1c2CC(OS(=O)(=O)c2ccc(C)cc2)C(C)(C)O1.COc1cc2c(cc1CO)OC[C@H]1Oc3c(ccc4c3CC([18F])C(C)(C)O4)C(=O)[C@@H]21. The number of carbonyl (C=O) groups is 1. The summed E-state index contributed by atoms with van der Waals surface area (Å²) in [5, 5.41) is 19.3. The number of hydrogen-bond donors (Lipinski definition) is 2. The largest absolute Gasteiger partial charge is 0.496 e. The molecule has 2 N–H and O–H groups in total. The Morgan fingerprint density at radius 3 is 1.96 bits per heavy atom. The first-order valence-electron chi connectivity index (χ1n) is 23.3. The van der Waals surface area contributed by atoms with Gasteiger partial charge in [-0.15, -0.1) is 0 Å². The maximum absolute atomic E-state index is 14.7. The van der Waals surface area contributed by atoms with Gasteiger partial charge >= 0.3 is 0 Å². The summed E-state index contributed by atoms with van der Waals surface area (Å²) in [6, 6.07) is 20.7. The Morgan fingerprint density at radius 2 is 1.30 bits per heavy atom. The number of ether oxygens (including phenoxy) is 9. The van der Waals surface area contributed by atoms with Crippen molar-refractivity contribution >= 4 is 27.2 Å². The minimum Gasteiger partial charge on any atom is -0.496 e. The van der Waals surface area contributed by atoms with Gasteiger partial charge in [0.25, 0.3) is 10.1 Å². The van der Waals surface area contributed by atoms with Crippen molar-refractivity contribution in [1.82, 2.24) is 0 Å². The summed E-state index contributed by atoms with van der Waals surface area (Å²) in [6.45, 7) is 8.93. The molecule has 0 spiro atoms. The second-order valence-corrected chi connectivity index (χ2v) is 20.9. The maximum Gasteiger partial charge on any atom is 0.297 e. The van der Waals surface area contributed by atoms with E-state index in [2.05, 4.69) is 0 Å². The second kappa shape index (κ2) is 17.9. The number of carbonyl (C=O) groups excluding carboxylic acids is 1. The molecule has 0 saturated carbocycles. The average Bonchev–Trinajstić information content (AvgIpc) is 3.35. The maximum atomic E-state index is 14.7. The molecule has 0 fully saturated rings. The summed E-state index contributed by atoms with van der Waals surface area (Å²) in [5.74, 6) is 4.15. The van der Waals surface area contributed by atoms with Crippen LogP contribution in [0.1, 0.15) is 88.5 Å². The molecule has 15 nitrogen and oxygen atoms in total. The molecule has 5 atom stereocenters. The number of methoxy groups -OCH3 is 3. The summed E-state index contributed by atoms with van der Waals surface area (Å²) in [6.07, 6.45) is -2.72. The molecule has 0 amide bonds. The third kappa shape index (κ3) is 8.25. The zero-order valence-electron chi connectivity index (χ0n) is 40.5. The molecular formula is C54H55FO15S. The van der Waals surface area contributed by atoms with Gasteiger partial charge in [0.15, 0.2) is 11.9 Å². The Labute approximate surface area is 411 Å². The van der Waals surface area contributed by atoms with Crippen LogP contribution in [0, 0.1) is 6.92 Å². The van der Waals surface area contributed by atoms with E-state index in [1.165, 1.54) is 19.2 Å². The van der Waals surface area contributed by atoms with Crippen molar-refractivity contribution in [3.63, 3.8) is 0 Å². The highest BCUT2D eigenvalue weighted by molar-refractivity contribution is 7.86. The van der Waals surface area contributed by atoms with E-state index in [9.17, 15) is 27.8 Å². The van der Waals surface area contributed by atoms with E-state index >= 15 is 0 Å². The van der Waals surface area contributed by atoms with Gasteiger partial charge in [0.1, 0.15) is 94.6 Å². The highest BCUT2D eigenvalue weighted by atomic mass is 32.2. The molecule has 0 bridgehead atoms. The molecule has 0 aromatic heterocycles. The topological polar surface area (TPSA) is 184 Å². The molecule has 0 aliphatic carbocycles. The van der Waals surface area contributed by atoms with Gasteiger partial charge in [-0.05, 0) is 95.3 Å². The van der Waals surface area contributed by atoms with Crippen LogP contribution < -0.4 is 37.9 Å². The van der Waals surface area contributed by atoms with Crippen LogP contribution in [0.2, 0.25) is 0 Å². The lowest BCUT2D eigenvalue weighted by Crippen LogP contribution is -2.49. The molecule has 5 aromatic rings. The number of aryl methyl sites for hydroxylation is 1. The highest BCUT2D eigenvalue weighted by Gasteiger charge is 2.48. The Balaban J connectivity index is 0.000000172. The molecule has 6 heterocycles. The number of halogens is 1. The van der Waals surface area contributed by atoms with Gasteiger partial charge in [-0.2, -0.15) is 8.42 Å². The Kier molecular flexibility index (Phi) is 12.2. The number of rotatable bonds is 8. The van der Waals surface area contributed by atoms with Crippen LogP contribution >= 0.6 is 0 Å². The van der Waals surface area contributed by atoms with Crippen LogP contribution in [0.3, 0.4) is 0 Å². The Morgan fingerprint density at radius 1 is 0.690 bits per heavy atom. The normalized spacial score (nSPS) is 22.5. The van der Waals surface area contributed by atoms with Gasteiger partial charge in [-0.1, -0.05) is 17.7 Å². The van der Waals surface area contributed by atoms with Crippen molar-refractivity contribution < 1.29 is 74.6 Å². The van der Waals surface area contributed by atoms with E-state index in [-0.39, 0.29) is 49.9 Å². The fourth-order valence-corrected chi connectivity index (χ4v) is 11.3. The van der Waals surface area contributed by atoms with E-state index in [1.807, 2.05) is 39.0 Å². The first-order chi connectivity index (χ1) is 33.9. The first kappa shape index (κ1) is 48.1. The molecule has 0 radical (unpaired) electrons. The van der Waals surface area contributed by atoms with E-state index in [1.54, 1.807) is 70.5 Å². The molecule has 6 aliphatic heterocycles. The number of ketones is 1. The van der Waals surface area contributed by atoms with E-state index in [4.69, 9.17) is 46.8 Å². The molecule has 17 heteroatoms. The lowest BCUT2D eigenvalue weighted by Gasteiger charge is -2.41. The van der Waals surface area contributed by atoms with E-state index in [0.717, 1.165) is 16.7 Å². The fraction of sp³-hybridized carbons (Fsp3) is 0.389. The van der Waals surface area contributed by atoms with Crippen molar-refractivity contribution in [3.8, 4) is 46.0 Å². The molecule has 6 aliphatic rings. The van der Waals surface area contributed by atoms with Crippen LogP contribution in [0.4, 0.5) is 4.39 Å². The van der Waals surface area contributed by atoms with Crippen LogP contribution in [0.25, 0.3) is 11.3 Å². The number of aliphatic hydroxyl groups is 2. The van der Waals surface area contributed by atoms with Crippen molar-refractivity contribution in [1.29, 1.82) is 0 Å². The molecule has 2 unspecified atom stereocenters. The standard InChI is InChI=1S/C31H32O9S.C23H23FO6/c1-17-6-8-19(9-7-17)41(33,34)40-27-14-22-23(39-31(27,2)3)11-10-20-29(22)38-26-16-37-25-12-18(15-32)24(35-4)13-21(25)28(26)30(20)36-5;1-23(2)19(24)8-14-15(30-23)5-4-12-21(26)20-13-7-16(27-3)11(9-25)6-17(13)28-10-18(20)29-22(12)14/h6-13,26-27,32H,14-16H2,1-5H3;4-7,18-20,25H,8-10H2,1-3H3/t26-,27?;18-,19?,20+/m11/s1/i;24-1. The van der Waals surface area contributed by atoms with Crippen molar-refractivity contribution in [2.75, 3.05) is 34.5 Å². The van der Waals surface area contributed by atoms with Crippen molar-refractivity contribution in [2.24, 2.45) is 0 Å². The lowest BCUT2D eigenvalue weighted by atomic mass is 9.80. The number of aliphatic hydroxyl groups excluding tert-OH is 2. The van der Waals surface area contributed by atoms with Crippen LogP contribution in [-0.4, -0.2) is 94.6 Å². The highest BCUT2D eigenvalue weighted by Crippen LogP contribution is 2.53.